The van der Waals surface area contributed by atoms with Gasteiger partial charge >= 0.3 is 0 Å². The maximum atomic E-state index is 3.52. The highest BCUT2D eigenvalue weighted by Crippen LogP contribution is 2.23. The molecule has 0 amide bonds. The molecule has 13 heavy (non-hydrogen) atoms. The van der Waals surface area contributed by atoms with E-state index in [1.807, 2.05) is 0 Å². The second kappa shape index (κ2) is 4.66. The van der Waals surface area contributed by atoms with E-state index in [9.17, 15) is 0 Å². The molecule has 0 atom stereocenters. The molecular formula is C11H16BrN. The number of hydrogen-bond donors (Lipinski definition) is 1. The number of rotatable bonds is 3. The van der Waals surface area contributed by atoms with Crippen LogP contribution in [0.4, 0.5) is 5.69 Å². The highest BCUT2D eigenvalue weighted by molar-refractivity contribution is 9.10. The van der Waals surface area contributed by atoms with Crippen molar-refractivity contribution in [1.82, 2.24) is 0 Å². The minimum Gasteiger partial charge on any atom is -0.384 e. The molecule has 0 heterocycles. The molecule has 1 aromatic rings. The molecule has 72 valence electrons. The largest absolute Gasteiger partial charge is 0.384 e. The third kappa shape index (κ3) is 3.39. The normalized spacial score (nSPS) is 10.5. The highest BCUT2D eigenvalue weighted by Gasteiger charge is 1.99. The van der Waals surface area contributed by atoms with E-state index >= 15 is 0 Å². The highest BCUT2D eigenvalue weighted by atomic mass is 79.9. The Morgan fingerprint density at radius 3 is 2.69 bits per heavy atom. The molecule has 1 aromatic carbocycles. The van der Waals surface area contributed by atoms with Crippen molar-refractivity contribution in [2.45, 2.75) is 20.8 Å². The lowest BCUT2D eigenvalue weighted by molar-refractivity contribution is 0.688. The van der Waals surface area contributed by atoms with E-state index in [4.69, 9.17) is 0 Å². The van der Waals surface area contributed by atoms with Gasteiger partial charge in [-0.25, -0.2) is 0 Å². The Labute approximate surface area is 88.7 Å². The summed E-state index contributed by atoms with van der Waals surface area (Å²) in [7, 11) is 0. The standard InChI is InChI=1S/C11H16BrN/c1-8(2)7-13-11-6-9(3)4-5-10(11)12/h4-6,8,13H,7H2,1-3H3. The molecule has 0 radical (unpaired) electrons. The van der Waals surface area contributed by atoms with E-state index < -0.39 is 0 Å². The van der Waals surface area contributed by atoms with Crippen molar-refractivity contribution in [3.05, 3.63) is 28.2 Å². The van der Waals surface area contributed by atoms with E-state index in [0.717, 1.165) is 11.0 Å². The number of benzene rings is 1. The minimum atomic E-state index is 0.674. The van der Waals surface area contributed by atoms with Crippen LogP contribution in [0.5, 0.6) is 0 Å². The van der Waals surface area contributed by atoms with E-state index in [1.165, 1.54) is 11.3 Å². The molecule has 0 aliphatic rings. The second-order valence-corrected chi connectivity index (χ2v) is 4.61. The Hall–Kier alpha value is -0.500. The third-order valence-electron chi connectivity index (χ3n) is 1.82. The molecule has 0 bridgehead atoms. The predicted octanol–water partition coefficient (Wildman–Crippen LogP) is 3.83. The minimum absolute atomic E-state index is 0.674. The summed E-state index contributed by atoms with van der Waals surface area (Å²) >= 11 is 3.52. The first-order valence-electron chi connectivity index (χ1n) is 4.59. The summed E-state index contributed by atoms with van der Waals surface area (Å²) in [5, 5.41) is 3.41. The molecule has 0 spiro atoms. The Morgan fingerprint density at radius 1 is 1.38 bits per heavy atom. The van der Waals surface area contributed by atoms with Crippen LogP contribution >= 0.6 is 15.9 Å². The van der Waals surface area contributed by atoms with Gasteiger partial charge in [0.25, 0.3) is 0 Å². The molecule has 0 aromatic heterocycles. The van der Waals surface area contributed by atoms with Crippen LogP contribution in [0, 0.1) is 12.8 Å². The van der Waals surface area contributed by atoms with Crippen LogP contribution in [0.1, 0.15) is 19.4 Å². The second-order valence-electron chi connectivity index (χ2n) is 3.76. The first-order chi connectivity index (χ1) is 6.09. The number of halogens is 1. The average molecular weight is 242 g/mol. The van der Waals surface area contributed by atoms with Gasteiger partial charge in [-0.2, -0.15) is 0 Å². The summed E-state index contributed by atoms with van der Waals surface area (Å²) in [6, 6.07) is 6.34. The quantitative estimate of drug-likeness (QED) is 0.849. The van der Waals surface area contributed by atoms with Crippen molar-refractivity contribution >= 4 is 21.6 Å². The van der Waals surface area contributed by atoms with Gasteiger partial charge in [-0.1, -0.05) is 19.9 Å². The zero-order valence-corrected chi connectivity index (χ0v) is 9.98. The van der Waals surface area contributed by atoms with Crippen LogP contribution < -0.4 is 5.32 Å². The molecular weight excluding hydrogens is 226 g/mol. The Balaban J connectivity index is 2.70. The fraction of sp³-hybridized carbons (Fsp3) is 0.455. The summed E-state index contributed by atoms with van der Waals surface area (Å²) in [6.45, 7) is 7.53. The first kappa shape index (κ1) is 10.6. The van der Waals surface area contributed by atoms with Crippen LogP contribution in [0.3, 0.4) is 0 Å². The molecule has 2 heteroatoms. The maximum absolute atomic E-state index is 3.52. The fourth-order valence-electron chi connectivity index (χ4n) is 1.09. The van der Waals surface area contributed by atoms with E-state index in [2.05, 4.69) is 60.2 Å². The van der Waals surface area contributed by atoms with Gasteiger partial charge in [0.15, 0.2) is 0 Å². The molecule has 1 nitrogen and oxygen atoms in total. The summed E-state index contributed by atoms with van der Waals surface area (Å²) in [5.74, 6) is 0.674. The number of hydrogen-bond acceptors (Lipinski definition) is 1. The third-order valence-corrected chi connectivity index (χ3v) is 2.51. The van der Waals surface area contributed by atoms with Crippen LogP contribution in [-0.4, -0.2) is 6.54 Å². The van der Waals surface area contributed by atoms with Gasteiger partial charge in [-0.15, -0.1) is 0 Å². The van der Waals surface area contributed by atoms with Crippen LogP contribution in [-0.2, 0) is 0 Å². The summed E-state index contributed by atoms with van der Waals surface area (Å²) in [6.07, 6.45) is 0. The molecule has 0 saturated carbocycles. The molecule has 1 rings (SSSR count). The summed E-state index contributed by atoms with van der Waals surface area (Å²) in [5.41, 5.74) is 2.48. The van der Waals surface area contributed by atoms with Gasteiger partial charge in [0.05, 0.1) is 0 Å². The van der Waals surface area contributed by atoms with Crippen molar-refractivity contribution in [2.75, 3.05) is 11.9 Å². The molecule has 0 aliphatic heterocycles. The Kier molecular flexibility index (Phi) is 3.79. The van der Waals surface area contributed by atoms with Gasteiger partial charge < -0.3 is 5.32 Å². The van der Waals surface area contributed by atoms with E-state index in [-0.39, 0.29) is 0 Å². The zero-order chi connectivity index (χ0) is 9.84. The Bertz CT molecular complexity index is 281. The molecule has 0 fully saturated rings. The monoisotopic (exact) mass is 241 g/mol. The van der Waals surface area contributed by atoms with Gasteiger partial charge in [0.2, 0.25) is 0 Å². The summed E-state index contributed by atoms with van der Waals surface area (Å²) < 4.78 is 1.14. The molecule has 0 saturated heterocycles. The van der Waals surface area contributed by atoms with Gasteiger partial charge in [-0.05, 0) is 46.5 Å². The summed E-state index contributed by atoms with van der Waals surface area (Å²) in [4.78, 5) is 0. The van der Waals surface area contributed by atoms with Crippen molar-refractivity contribution in [3.63, 3.8) is 0 Å². The number of nitrogens with one attached hydrogen (secondary N) is 1. The number of anilines is 1. The lowest BCUT2D eigenvalue weighted by Gasteiger charge is -2.11. The first-order valence-corrected chi connectivity index (χ1v) is 5.39. The SMILES string of the molecule is Cc1ccc(Br)c(NCC(C)C)c1. The van der Waals surface area contributed by atoms with Crippen molar-refractivity contribution in [2.24, 2.45) is 5.92 Å². The smallest absolute Gasteiger partial charge is 0.0487 e. The average Bonchev–Trinajstić information content (AvgIpc) is 2.06. The molecule has 0 aliphatic carbocycles. The van der Waals surface area contributed by atoms with Gasteiger partial charge in [0, 0.05) is 16.7 Å². The lowest BCUT2D eigenvalue weighted by Crippen LogP contribution is -2.08. The van der Waals surface area contributed by atoms with Crippen molar-refractivity contribution in [1.29, 1.82) is 0 Å². The van der Waals surface area contributed by atoms with Gasteiger partial charge in [0.1, 0.15) is 0 Å². The fourth-order valence-corrected chi connectivity index (χ4v) is 1.48. The Morgan fingerprint density at radius 2 is 2.08 bits per heavy atom. The molecule has 0 unspecified atom stereocenters. The van der Waals surface area contributed by atoms with E-state index in [1.54, 1.807) is 0 Å². The lowest BCUT2D eigenvalue weighted by atomic mass is 10.2. The van der Waals surface area contributed by atoms with Crippen molar-refractivity contribution < 1.29 is 0 Å². The van der Waals surface area contributed by atoms with E-state index in [0.29, 0.717) is 5.92 Å². The van der Waals surface area contributed by atoms with Gasteiger partial charge in [-0.3, -0.25) is 0 Å². The van der Waals surface area contributed by atoms with Crippen molar-refractivity contribution in [3.8, 4) is 0 Å². The number of aryl methyl sites for hydroxylation is 1. The predicted molar refractivity (Wildman–Crippen MR) is 62.2 cm³/mol. The topological polar surface area (TPSA) is 12.0 Å². The van der Waals surface area contributed by atoms with Crippen LogP contribution in [0.15, 0.2) is 22.7 Å². The maximum Gasteiger partial charge on any atom is 0.0487 e. The van der Waals surface area contributed by atoms with Crippen LogP contribution in [0.25, 0.3) is 0 Å². The van der Waals surface area contributed by atoms with Crippen LogP contribution in [0.2, 0.25) is 0 Å². The molecule has 1 N–H and O–H groups in total. The zero-order valence-electron chi connectivity index (χ0n) is 8.39.